The summed E-state index contributed by atoms with van der Waals surface area (Å²) in [6.45, 7) is 3.14. The quantitative estimate of drug-likeness (QED) is 0.267. The van der Waals surface area contributed by atoms with Crippen LogP contribution in [0.3, 0.4) is 0 Å². The van der Waals surface area contributed by atoms with Gasteiger partial charge in [0, 0.05) is 18.7 Å². The lowest BCUT2D eigenvalue weighted by Gasteiger charge is -2.27. The molecule has 1 aliphatic rings. The van der Waals surface area contributed by atoms with Gasteiger partial charge in [0.25, 0.3) is 5.91 Å². The van der Waals surface area contributed by atoms with Gasteiger partial charge in [-0.2, -0.15) is 0 Å². The number of nitrogens with zero attached hydrogens (tertiary/aromatic N) is 1. The van der Waals surface area contributed by atoms with Crippen molar-refractivity contribution in [3.8, 4) is 17.2 Å². The van der Waals surface area contributed by atoms with Gasteiger partial charge >= 0.3 is 0 Å². The van der Waals surface area contributed by atoms with Gasteiger partial charge in [-0.25, -0.2) is 0 Å². The fraction of sp³-hybridized carbons (Fsp3) is 0.219. The molecule has 1 aliphatic heterocycles. The van der Waals surface area contributed by atoms with Crippen LogP contribution in [0.1, 0.15) is 27.0 Å². The molecule has 0 radical (unpaired) electrons. The summed E-state index contributed by atoms with van der Waals surface area (Å²) in [5.74, 6) is 1.31. The first-order chi connectivity index (χ1) is 18.8. The summed E-state index contributed by atoms with van der Waals surface area (Å²) in [7, 11) is 0. The molecule has 1 amide bonds. The van der Waals surface area contributed by atoms with Gasteiger partial charge in [0.1, 0.15) is 19.8 Å². The van der Waals surface area contributed by atoms with Crippen molar-refractivity contribution in [1.82, 2.24) is 4.90 Å². The van der Waals surface area contributed by atoms with E-state index in [-0.39, 0.29) is 5.91 Å². The van der Waals surface area contributed by atoms with Crippen LogP contribution in [-0.2, 0) is 24.6 Å². The van der Waals surface area contributed by atoms with Crippen molar-refractivity contribution < 1.29 is 23.7 Å². The summed E-state index contributed by atoms with van der Waals surface area (Å²) >= 11 is 0. The predicted octanol–water partition coefficient (Wildman–Crippen LogP) is 5.90. The highest BCUT2D eigenvalue weighted by Gasteiger charge is 2.24. The van der Waals surface area contributed by atoms with E-state index in [1.807, 2.05) is 91.0 Å². The zero-order valence-corrected chi connectivity index (χ0v) is 21.3. The highest BCUT2D eigenvalue weighted by Crippen LogP contribution is 2.41. The Morgan fingerprint density at radius 1 is 0.632 bits per heavy atom. The van der Waals surface area contributed by atoms with E-state index in [4.69, 9.17) is 18.9 Å². The van der Waals surface area contributed by atoms with Crippen LogP contribution in [0.2, 0.25) is 0 Å². The monoisotopic (exact) mass is 509 g/mol. The minimum Gasteiger partial charge on any atom is -0.485 e. The lowest BCUT2D eigenvalue weighted by Crippen LogP contribution is -2.40. The average Bonchev–Trinajstić information content (AvgIpc) is 2.99. The summed E-state index contributed by atoms with van der Waals surface area (Å²) in [4.78, 5) is 15.3. The van der Waals surface area contributed by atoms with Gasteiger partial charge in [-0.3, -0.25) is 4.79 Å². The topological polar surface area (TPSA) is 57.2 Å². The lowest BCUT2D eigenvalue weighted by atomic mass is 10.1. The van der Waals surface area contributed by atoms with E-state index < -0.39 is 0 Å². The zero-order valence-electron chi connectivity index (χ0n) is 21.3. The summed E-state index contributed by atoms with van der Waals surface area (Å²) in [6.07, 6.45) is 0. The maximum absolute atomic E-state index is 13.5. The van der Waals surface area contributed by atoms with Crippen molar-refractivity contribution in [2.75, 3.05) is 26.3 Å². The molecule has 1 saturated heterocycles. The molecule has 0 aromatic heterocycles. The third kappa shape index (κ3) is 6.72. The highest BCUT2D eigenvalue weighted by molar-refractivity contribution is 5.95. The second kappa shape index (κ2) is 12.8. The number of ether oxygens (including phenoxy) is 4. The number of hydrogen-bond acceptors (Lipinski definition) is 5. The Hall–Kier alpha value is -4.29. The first-order valence-electron chi connectivity index (χ1n) is 12.8. The molecule has 194 valence electrons. The van der Waals surface area contributed by atoms with Gasteiger partial charge in [-0.15, -0.1) is 0 Å². The van der Waals surface area contributed by atoms with Crippen molar-refractivity contribution in [3.05, 3.63) is 125 Å². The first-order valence-corrected chi connectivity index (χ1v) is 12.8. The van der Waals surface area contributed by atoms with Gasteiger partial charge in [0.05, 0.1) is 13.2 Å². The standard InChI is InChI=1S/C32H31NO5/c34-32(33-16-18-35-19-17-33)28-20-29(36-22-25-10-4-1-5-11-25)31(38-24-27-14-8-3-9-15-27)30(21-28)37-23-26-12-6-2-7-13-26/h1-15,20-21H,16-19,22-24H2. The minimum atomic E-state index is -0.0861. The summed E-state index contributed by atoms with van der Waals surface area (Å²) in [6, 6.07) is 33.3. The zero-order chi connectivity index (χ0) is 26.0. The van der Waals surface area contributed by atoms with Gasteiger partial charge < -0.3 is 23.8 Å². The van der Waals surface area contributed by atoms with Crippen LogP contribution < -0.4 is 14.2 Å². The number of amides is 1. The second-order valence-corrected chi connectivity index (χ2v) is 9.03. The van der Waals surface area contributed by atoms with Crippen molar-refractivity contribution in [2.24, 2.45) is 0 Å². The Kier molecular flexibility index (Phi) is 8.54. The molecule has 4 aromatic rings. The molecule has 5 rings (SSSR count). The number of rotatable bonds is 10. The van der Waals surface area contributed by atoms with Gasteiger partial charge in [-0.05, 0) is 28.8 Å². The Balaban J connectivity index is 1.49. The van der Waals surface area contributed by atoms with E-state index in [9.17, 15) is 4.79 Å². The Morgan fingerprint density at radius 3 is 1.50 bits per heavy atom. The Morgan fingerprint density at radius 2 is 1.05 bits per heavy atom. The maximum atomic E-state index is 13.5. The molecule has 1 heterocycles. The van der Waals surface area contributed by atoms with Crippen LogP contribution in [0, 0.1) is 0 Å². The molecule has 0 unspecified atom stereocenters. The SMILES string of the molecule is O=C(c1cc(OCc2ccccc2)c(OCc2ccccc2)c(OCc2ccccc2)c1)N1CCOCC1. The average molecular weight is 510 g/mol. The number of morpholine rings is 1. The smallest absolute Gasteiger partial charge is 0.254 e. The highest BCUT2D eigenvalue weighted by atomic mass is 16.5. The van der Waals surface area contributed by atoms with Crippen LogP contribution in [0.5, 0.6) is 17.2 Å². The molecule has 4 aromatic carbocycles. The second-order valence-electron chi connectivity index (χ2n) is 9.03. The van der Waals surface area contributed by atoms with E-state index >= 15 is 0 Å². The van der Waals surface area contributed by atoms with E-state index in [0.717, 1.165) is 16.7 Å². The number of carbonyl (C=O) groups is 1. The molecule has 0 spiro atoms. The molecule has 6 heteroatoms. The molecule has 0 bridgehead atoms. The predicted molar refractivity (Wildman–Crippen MR) is 145 cm³/mol. The van der Waals surface area contributed by atoms with Crippen LogP contribution in [-0.4, -0.2) is 37.1 Å². The van der Waals surface area contributed by atoms with E-state index in [1.165, 1.54) is 0 Å². The van der Waals surface area contributed by atoms with Crippen LogP contribution in [0.15, 0.2) is 103 Å². The molecular formula is C32H31NO5. The normalized spacial score (nSPS) is 13.1. The van der Waals surface area contributed by atoms with Crippen molar-refractivity contribution in [3.63, 3.8) is 0 Å². The molecule has 0 aliphatic carbocycles. The minimum absolute atomic E-state index is 0.0861. The Labute approximate surface area is 223 Å². The molecule has 0 atom stereocenters. The molecular weight excluding hydrogens is 478 g/mol. The van der Waals surface area contributed by atoms with Gasteiger partial charge in [-0.1, -0.05) is 91.0 Å². The fourth-order valence-electron chi connectivity index (χ4n) is 4.21. The molecule has 1 fully saturated rings. The summed E-state index contributed by atoms with van der Waals surface area (Å²) < 4.78 is 24.3. The van der Waals surface area contributed by atoms with E-state index in [1.54, 1.807) is 17.0 Å². The van der Waals surface area contributed by atoms with Crippen molar-refractivity contribution >= 4 is 5.91 Å². The summed E-state index contributed by atoms with van der Waals surface area (Å²) in [5, 5.41) is 0. The Bertz CT molecular complexity index is 1240. The molecule has 6 nitrogen and oxygen atoms in total. The number of hydrogen-bond donors (Lipinski definition) is 0. The third-order valence-corrected chi connectivity index (χ3v) is 6.27. The maximum Gasteiger partial charge on any atom is 0.254 e. The number of carbonyl (C=O) groups excluding carboxylic acids is 1. The molecule has 0 N–H and O–H groups in total. The van der Waals surface area contributed by atoms with E-state index in [2.05, 4.69) is 0 Å². The molecule has 0 saturated carbocycles. The van der Waals surface area contributed by atoms with E-state index in [0.29, 0.717) is 68.9 Å². The summed E-state index contributed by atoms with van der Waals surface area (Å²) in [5.41, 5.74) is 3.53. The fourth-order valence-corrected chi connectivity index (χ4v) is 4.21. The van der Waals surface area contributed by atoms with Crippen LogP contribution >= 0.6 is 0 Å². The number of benzene rings is 4. The van der Waals surface area contributed by atoms with Crippen molar-refractivity contribution in [2.45, 2.75) is 19.8 Å². The van der Waals surface area contributed by atoms with Gasteiger partial charge in [0.2, 0.25) is 5.75 Å². The van der Waals surface area contributed by atoms with Crippen LogP contribution in [0.25, 0.3) is 0 Å². The first kappa shape index (κ1) is 25.4. The van der Waals surface area contributed by atoms with Crippen molar-refractivity contribution in [1.29, 1.82) is 0 Å². The van der Waals surface area contributed by atoms with Gasteiger partial charge in [0.15, 0.2) is 11.5 Å². The molecule has 38 heavy (non-hydrogen) atoms. The largest absolute Gasteiger partial charge is 0.485 e. The third-order valence-electron chi connectivity index (χ3n) is 6.27. The lowest BCUT2D eigenvalue weighted by molar-refractivity contribution is 0.0302. The van der Waals surface area contributed by atoms with Crippen LogP contribution in [0.4, 0.5) is 0 Å².